The Balaban J connectivity index is 2.11. The summed E-state index contributed by atoms with van der Waals surface area (Å²) in [6.07, 6.45) is 1.21. The fourth-order valence-corrected chi connectivity index (χ4v) is 2.04. The Morgan fingerprint density at radius 2 is 2.20 bits per heavy atom. The SMILES string of the molecule is CC1(C)CCN(c2ccc(CCl)nn2)C1. The number of rotatable bonds is 2. The van der Waals surface area contributed by atoms with Gasteiger partial charge < -0.3 is 4.90 Å². The molecule has 2 heterocycles. The van der Waals surface area contributed by atoms with E-state index in [0.29, 0.717) is 11.3 Å². The monoisotopic (exact) mass is 225 g/mol. The molecule has 0 aliphatic carbocycles. The number of hydrogen-bond donors (Lipinski definition) is 0. The highest BCUT2D eigenvalue weighted by Crippen LogP contribution is 2.31. The zero-order valence-corrected chi connectivity index (χ0v) is 9.96. The third-order valence-electron chi connectivity index (χ3n) is 2.84. The van der Waals surface area contributed by atoms with Gasteiger partial charge in [0.1, 0.15) is 0 Å². The van der Waals surface area contributed by atoms with Crippen molar-refractivity contribution in [3.05, 3.63) is 17.8 Å². The van der Waals surface area contributed by atoms with E-state index in [4.69, 9.17) is 11.6 Å². The van der Waals surface area contributed by atoms with Crippen LogP contribution in [0.1, 0.15) is 26.0 Å². The fourth-order valence-electron chi connectivity index (χ4n) is 1.90. The second-order valence-corrected chi connectivity index (χ2v) is 5.12. The van der Waals surface area contributed by atoms with Crippen LogP contribution in [0.4, 0.5) is 5.82 Å². The number of nitrogens with zero attached hydrogens (tertiary/aromatic N) is 3. The van der Waals surface area contributed by atoms with Crippen molar-refractivity contribution in [2.75, 3.05) is 18.0 Å². The van der Waals surface area contributed by atoms with Crippen molar-refractivity contribution in [2.45, 2.75) is 26.1 Å². The van der Waals surface area contributed by atoms with Crippen molar-refractivity contribution in [3.63, 3.8) is 0 Å². The molecule has 4 heteroatoms. The van der Waals surface area contributed by atoms with Gasteiger partial charge in [-0.1, -0.05) is 13.8 Å². The number of halogens is 1. The van der Waals surface area contributed by atoms with E-state index in [9.17, 15) is 0 Å². The number of hydrogen-bond acceptors (Lipinski definition) is 3. The van der Waals surface area contributed by atoms with E-state index >= 15 is 0 Å². The molecule has 0 radical (unpaired) electrons. The Kier molecular flexibility index (Phi) is 2.83. The second kappa shape index (κ2) is 3.97. The van der Waals surface area contributed by atoms with Crippen LogP contribution >= 0.6 is 11.6 Å². The minimum absolute atomic E-state index is 0.396. The summed E-state index contributed by atoms with van der Waals surface area (Å²) < 4.78 is 0. The van der Waals surface area contributed by atoms with E-state index in [1.54, 1.807) is 0 Å². The van der Waals surface area contributed by atoms with Gasteiger partial charge in [0.05, 0.1) is 11.6 Å². The Bertz CT molecular complexity index is 334. The van der Waals surface area contributed by atoms with Gasteiger partial charge in [0.2, 0.25) is 0 Å². The number of anilines is 1. The predicted molar refractivity (Wildman–Crippen MR) is 62.2 cm³/mol. The molecular weight excluding hydrogens is 210 g/mol. The van der Waals surface area contributed by atoms with Crippen LogP contribution in [-0.2, 0) is 5.88 Å². The molecule has 0 bridgehead atoms. The summed E-state index contributed by atoms with van der Waals surface area (Å²) in [6.45, 7) is 6.70. The molecule has 1 fully saturated rings. The van der Waals surface area contributed by atoms with Crippen LogP contribution in [0.2, 0.25) is 0 Å². The van der Waals surface area contributed by atoms with E-state index in [-0.39, 0.29) is 0 Å². The minimum atomic E-state index is 0.396. The third kappa shape index (κ3) is 2.40. The summed E-state index contributed by atoms with van der Waals surface area (Å²) in [7, 11) is 0. The summed E-state index contributed by atoms with van der Waals surface area (Å²) in [4.78, 5) is 2.28. The van der Waals surface area contributed by atoms with Gasteiger partial charge in [-0.3, -0.25) is 0 Å². The Labute approximate surface area is 95.5 Å². The average Bonchev–Trinajstić information content (AvgIpc) is 2.59. The molecular formula is C11H16ClN3. The molecule has 15 heavy (non-hydrogen) atoms. The van der Waals surface area contributed by atoms with Crippen LogP contribution in [-0.4, -0.2) is 23.3 Å². The molecule has 1 aromatic heterocycles. The second-order valence-electron chi connectivity index (χ2n) is 4.85. The largest absolute Gasteiger partial charge is 0.355 e. The van der Waals surface area contributed by atoms with Crippen LogP contribution in [0.15, 0.2) is 12.1 Å². The number of alkyl halides is 1. The fraction of sp³-hybridized carbons (Fsp3) is 0.636. The Morgan fingerprint density at radius 1 is 1.40 bits per heavy atom. The van der Waals surface area contributed by atoms with Crippen LogP contribution in [0.3, 0.4) is 0 Å². The first-order valence-electron chi connectivity index (χ1n) is 5.24. The minimum Gasteiger partial charge on any atom is -0.355 e. The van der Waals surface area contributed by atoms with Crippen molar-refractivity contribution in [2.24, 2.45) is 5.41 Å². The molecule has 0 N–H and O–H groups in total. The molecule has 1 saturated heterocycles. The molecule has 0 spiro atoms. The maximum Gasteiger partial charge on any atom is 0.151 e. The van der Waals surface area contributed by atoms with Gasteiger partial charge in [-0.25, -0.2) is 0 Å². The normalized spacial score (nSPS) is 19.5. The summed E-state index contributed by atoms with van der Waals surface area (Å²) in [5, 5.41) is 8.25. The molecule has 3 nitrogen and oxygen atoms in total. The first kappa shape index (κ1) is 10.7. The maximum absolute atomic E-state index is 5.67. The van der Waals surface area contributed by atoms with Gasteiger partial charge in [0.25, 0.3) is 0 Å². The highest BCUT2D eigenvalue weighted by Gasteiger charge is 2.29. The lowest BCUT2D eigenvalue weighted by atomic mass is 9.93. The van der Waals surface area contributed by atoms with Crippen LogP contribution in [0.25, 0.3) is 0 Å². The van der Waals surface area contributed by atoms with Crippen LogP contribution in [0, 0.1) is 5.41 Å². The topological polar surface area (TPSA) is 29.0 Å². The van der Waals surface area contributed by atoms with E-state index < -0.39 is 0 Å². The predicted octanol–water partition coefficient (Wildman–Crippen LogP) is 2.45. The summed E-state index contributed by atoms with van der Waals surface area (Å²) >= 11 is 5.67. The molecule has 0 aromatic carbocycles. The molecule has 0 amide bonds. The zero-order chi connectivity index (χ0) is 10.9. The highest BCUT2D eigenvalue weighted by molar-refractivity contribution is 6.16. The molecule has 0 atom stereocenters. The quantitative estimate of drug-likeness (QED) is 0.724. The lowest BCUT2D eigenvalue weighted by Gasteiger charge is -2.20. The maximum atomic E-state index is 5.67. The molecule has 2 rings (SSSR count). The lowest BCUT2D eigenvalue weighted by molar-refractivity contribution is 0.418. The Morgan fingerprint density at radius 3 is 2.67 bits per heavy atom. The van der Waals surface area contributed by atoms with Crippen molar-refractivity contribution in [1.82, 2.24) is 10.2 Å². The lowest BCUT2D eigenvalue weighted by Crippen LogP contribution is -2.23. The molecule has 1 aromatic rings. The van der Waals surface area contributed by atoms with Crippen molar-refractivity contribution in [3.8, 4) is 0 Å². The van der Waals surface area contributed by atoms with E-state index in [2.05, 4.69) is 28.9 Å². The van der Waals surface area contributed by atoms with Gasteiger partial charge in [-0.15, -0.1) is 16.7 Å². The van der Waals surface area contributed by atoms with Gasteiger partial charge in [0.15, 0.2) is 5.82 Å². The molecule has 1 aliphatic rings. The van der Waals surface area contributed by atoms with Crippen molar-refractivity contribution < 1.29 is 0 Å². The van der Waals surface area contributed by atoms with Crippen molar-refractivity contribution in [1.29, 1.82) is 0 Å². The van der Waals surface area contributed by atoms with Gasteiger partial charge >= 0.3 is 0 Å². The van der Waals surface area contributed by atoms with Crippen LogP contribution < -0.4 is 4.90 Å². The smallest absolute Gasteiger partial charge is 0.151 e. The van der Waals surface area contributed by atoms with Gasteiger partial charge in [0, 0.05) is 13.1 Å². The van der Waals surface area contributed by atoms with E-state index in [1.165, 1.54) is 6.42 Å². The summed E-state index contributed by atoms with van der Waals surface area (Å²) in [5.41, 5.74) is 1.23. The Hall–Kier alpha value is -0.830. The standard InChI is InChI=1S/C11H16ClN3/c1-11(2)5-6-15(8-11)10-4-3-9(7-12)13-14-10/h3-4H,5-8H2,1-2H3. The van der Waals surface area contributed by atoms with Gasteiger partial charge in [-0.2, -0.15) is 5.10 Å². The highest BCUT2D eigenvalue weighted by atomic mass is 35.5. The molecule has 82 valence electrons. The van der Waals surface area contributed by atoms with E-state index in [0.717, 1.165) is 24.6 Å². The summed E-state index contributed by atoms with van der Waals surface area (Å²) in [6, 6.07) is 3.95. The first-order valence-corrected chi connectivity index (χ1v) is 5.78. The molecule has 0 saturated carbocycles. The molecule has 1 aliphatic heterocycles. The van der Waals surface area contributed by atoms with Gasteiger partial charge in [-0.05, 0) is 24.0 Å². The van der Waals surface area contributed by atoms with E-state index in [1.807, 2.05) is 12.1 Å². The third-order valence-corrected chi connectivity index (χ3v) is 3.12. The first-order chi connectivity index (χ1) is 7.11. The average molecular weight is 226 g/mol. The zero-order valence-electron chi connectivity index (χ0n) is 9.20. The number of aromatic nitrogens is 2. The molecule has 0 unspecified atom stereocenters. The summed E-state index contributed by atoms with van der Waals surface area (Å²) in [5.74, 6) is 1.40. The van der Waals surface area contributed by atoms with Crippen LogP contribution in [0.5, 0.6) is 0 Å². The van der Waals surface area contributed by atoms with Crippen molar-refractivity contribution >= 4 is 17.4 Å².